The number of nitrogens with zero attached hydrogens (tertiary/aromatic N) is 2. The molecular formula is C25H29N3OS. The lowest BCUT2D eigenvalue weighted by atomic mass is 9.87. The molecule has 0 spiro atoms. The van der Waals surface area contributed by atoms with E-state index in [4.69, 9.17) is 4.98 Å². The van der Waals surface area contributed by atoms with Crippen LogP contribution in [0.4, 0.5) is 5.13 Å². The SMILES string of the molecule is CCc1ccc2nc(N3CCC(C(=O)NC4CCCc5ccccc54)CC3)sc2c1. The summed E-state index contributed by atoms with van der Waals surface area (Å²) in [7, 11) is 0. The van der Waals surface area contributed by atoms with Crippen molar-refractivity contribution in [2.24, 2.45) is 5.92 Å². The van der Waals surface area contributed by atoms with Gasteiger partial charge in [0.05, 0.1) is 16.3 Å². The summed E-state index contributed by atoms with van der Waals surface area (Å²) in [5.74, 6) is 0.338. The average molecular weight is 420 g/mol. The van der Waals surface area contributed by atoms with Crippen molar-refractivity contribution in [2.45, 2.75) is 51.5 Å². The molecule has 3 aromatic rings. The molecule has 1 unspecified atom stereocenters. The molecule has 1 fully saturated rings. The molecule has 5 rings (SSSR count). The fourth-order valence-corrected chi connectivity index (χ4v) is 5.92. The zero-order valence-electron chi connectivity index (χ0n) is 17.6. The maximum atomic E-state index is 13.0. The number of fused-ring (bicyclic) bond motifs is 2. The first-order chi connectivity index (χ1) is 14.7. The van der Waals surface area contributed by atoms with Crippen molar-refractivity contribution in [2.75, 3.05) is 18.0 Å². The Bertz CT molecular complexity index is 1050. The third-order valence-electron chi connectivity index (χ3n) is 6.67. The largest absolute Gasteiger partial charge is 0.349 e. The van der Waals surface area contributed by atoms with Crippen LogP contribution in [-0.2, 0) is 17.6 Å². The van der Waals surface area contributed by atoms with Crippen molar-refractivity contribution in [3.05, 3.63) is 59.2 Å². The number of thiazole rings is 1. The molecule has 1 aliphatic carbocycles. The number of carbonyl (C=O) groups is 1. The number of hydrogen-bond donors (Lipinski definition) is 1. The van der Waals surface area contributed by atoms with Gasteiger partial charge in [0.1, 0.15) is 0 Å². The van der Waals surface area contributed by atoms with Gasteiger partial charge in [-0.05, 0) is 67.3 Å². The van der Waals surface area contributed by atoms with Crippen LogP contribution in [0.3, 0.4) is 0 Å². The van der Waals surface area contributed by atoms with Crippen LogP contribution in [0.15, 0.2) is 42.5 Å². The highest BCUT2D eigenvalue weighted by Crippen LogP contribution is 2.33. The Morgan fingerprint density at radius 3 is 2.83 bits per heavy atom. The third-order valence-corrected chi connectivity index (χ3v) is 7.75. The molecule has 1 aromatic heterocycles. The number of hydrogen-bond acceptors (Lipinski definition) is 4. The van der Waals surface area contributed by atoms with E-state index >= 15 is 0 Å². The lowest BCUT2D eigenvalue weighted by Gasteiger charge is -2.33. The van der Waals surface area contributed by atoms with Gasteiger partial charge in [-0.1, -0.05) is 48.6 Å². The van der Waals surface area contributed by atoms with E-state index in [0.29, 0.717) is 0 Å². The van der Waals surface area contributed by atoms with Crippen LogP contribution in [0.25, 0.3) is 10.2 Å². The van der Waals surface area contributed by atoms with Gasteiger partial charge >= 0.3 is 0 Å². The molecular weight excluding hydrogens is 390 g/mol. The van der Waals surface area contributed by atoms with Gasteiger partial charge in [-0.15, -0.1) is 0 Å². The van der Waals surface area contributed by atoms with Crippen molar-refractivity contribution in [3.8, 4) is 0 Å². The van der Waals surface area contributed by atoms with Crippen LogP contribution in [-0.4, -0.2) is 24.0 Å². The predicted molar refractivity (Wildman–Crippen MR) is 124 cm³/mol. The van der Waals surface area contributed by atoms with Crippen molar-refractivity contribution >= 4 is 32.6 Å². The van der Waals surface area contributed by atoms with Crippen LogP contribution in [0.1, 0.15) is 55.3 Å². The predicted octanol–water partition coefficient (Wildman–Crippen LogP) is 5.27. The topological polar surface area (TPSA) is 45.2 Å². The number of rotatable bonds is 4. The van der Waals surface area contributed by atoms with Crippen molar-refractivity contribution in [1.29, 1.82) is 0 Å². The molecule has 2 heterocycles. The molecule has 30 heavy (non-hydrogen) atoms. The van der Waals surface area contributed by atoms with Gasteiger partial charge in [0.25, 0.3) is 0 Å². The van der Waals surface area contributed by atoms with Gasteiger partial charge in [0.2, 0.25) is 5.91 Å². The van der Waals surface area contributed by atoms with Crippen LogP contribution in [0.2, 0.25) is 0 Å². The highest BCUT2D eigenvalue weighted by molar-refractivity contribution is 7.22. The molecule has 1 N–H and O–H groups in total. The zero-order chi connectivity index (χ0) is 20.5. The summed E-state index contributed by atoms with van der Waals surface area (Å²) in [6.45, 7) is 3.99. The third kappa shape index (κ3) is 3.83. The number of aromatic nitrogens is 1. The molecule has 0 bridgehead atoms. The van der Waals surface area contributed by atoms with E-state index in [1.54, 1.807) is 11.3 Å². The van der Waals surface area contributed by atoms with Crippen molar-refractivity contribution in [1.82, 2.24) is 10.3 Å². The fourth-order valence-electron chi connectivity index (χ4n) is 4.84. The first-order valence-corrected chi connectivity index (χ1v) is 12.1. The van der Waals surface area contributed by atoms with E-state index in [0.717, 1.165) is 62.3 Å². The second kappa shape index (κ2) is 8.38. The molecule has 0 saturated carbocycles. The maximum Gasteiger partial charge on any atom is 0.223 e. The number of benzene rings is 2. The second-order valence-electron chi connectivity index (χ2n) is 8.57. The number of piperidine rings is 1. The Hall–Kier alpha value is -2.40. The van der Waals surface area contributed by atoms with Crippen LogP contribution >= 0.6 is 11.3 Å². The number of anilines is 1. The van der Waals surface area contributed by atoms with Gasteiger partial charge in [-0.2, -0.15) is 0 Å². The van der Waals surface area contributed by atoms with E-state index < -0.39 is 0 Å². The Morgan fingerprint density at radius 1 is 1.17 bits per heavy atom. The van der Waals surface area contributed by atoms with Crippen LogP contribution in [0.5, 0.6) is 0 Å². The lowest BCUT2D eigenvalue weighted by Crippen LogP contribution is -2.42. The van der Waals surface area contributed by atoms with Gasteiger partial charge in [0, 0.05) is 19.0 Å². The molecule has 1 atom stereocenters. The Labute approximate surface area is 182 Å². The standard InChI is InChI=1S/C25H29N3OS/c1-2-17-10-11-22-23(16-17)30-25(27-22)28-14-12-19(13-15-28)24(29)26-21-9-5-7-18-6-3-4-8-20(18)21/h3-4,6,8,10-11,16,19,21H,2,5,7,9,12-15H2,1H3,(H,26,29). The zero-order valence-corrected chi connectivity index (χ0v) is 18.4. The van der Waals surface area contributed by atoms with E-state index in [1.807, 2.05) is 0 Å². The highest BCUT2D eigenvalue weighted by Gasteiger charge is 2.29. The maximum absolute atomic E-state index is 13.0. The lowest BCUT2D eigenvalue weighted by molar-refractivity contribution is -0.126. The average Bonchev–Trinajstić information content (AvgIpc) is 3.23. The number of amides is 1. The molecule has 2 aliphatic rings. The minimum Gasteiger partial charge on any atom is -0.349 e. The van der Waals surface area contributed by atoms with E-state index in [2.05, 4.69) is 59.6 Å². The molecule has 0 radical (unpaired) electrons. The number of nitrogens with one attached hydrogen (secondary N) is 1. The fraction of sp³-hybridized carbons (Fsp3) is 0.440. The monoisotopic (exact) mass is 419 g/mol. The minimum atomic E-state index is 0.108. The molecule has 5 heteroatoms. The summed E-state index contributed by atoms with van der Waals surface area (Å²) in [6.07, 6.45) is 6.18. The van der Waals surface area contributed by atoms with Crippen LogP contribution < -0.4 is 10.2 Å². The first-order valence-electron chi connectivity index (χ1n) is 11.2. The summed E-state index contributed by atoms with van der Waals surface area (Å²) in [6, 6.07) is 15.3. The highest BCUT2D eigenvalue weighted by atomic mass is 32.1. The normalized spacial score (nSPS) is 19.6. The van der Waals surface area contributed by atoms with Gasteiger partial charge < -0.3 is 10.2 Å². The number of carbonyl (C=O) groups excluding carboxylic acids is 1. The first kappa shape index (κ1) is 19.6. The smallest absolute Gasteiger partial charge is 0.223 e. The summed E-state index contributed by atoms with van der Waals surface area (Å²) >= 11 is 1.78. The van der Waals surface area contributed by atoms with Crippen molar-refractivity contribution in [3.63, 3.8) is 0 Å². The van der Waals surface area contributed by atoms with Crippen molar-refractivity contribution < 1.29 is 4.79 Å². The number of aryl methyl sites for hydroxylation is 2. The van der Waals surface area contributed by atoms with E-state index in [-0.39, 0.29) is 17.9 Å². The Kier molecular flexibility index (Phi) is 5.47. The Morgan fingerprint density at radius 2 is 2.00 bits per heavy atom. The summed E-state index contributed by atoms with van der Waals surface area (Å²) in [5, 5.41) is 4.46. The summed E-state index contributed by atoms with van der Waals surface area (Å²) < 4.78 is 1.26. The molecule has 1 amide bonds. The Balaban J connectivity index is 1.21. The summed E-state index contributed by atoms with van der Waals surface area (Å²) in [4.78, 5) is 20.2. The van der Waals surface area contributed by atoms with Crippen LogP contribution in [0, 0.1) is 5.92 Å². The van der Waals surface area contributed by atoms with Gasteiger partial charge in [-0.25, -0.2) is 4.98 Å². The molecule has 156 valence electrons. The second-order valence-corrected chi connectivity index (χ2v) is 9.57. The van der Waals surface area contributed by atoms with E-state index in [9.17, 15) is 4.79 Å². The minimum absolute atomic E-state index is 0.108. The molecule has 1 aliphatic heterocycles. The molecule has 2 aromatic carbocycles. The summed E-state index contributed by atoms with van der Waals surface area (Å²) in [5.41, 5.74) is 5.15. The van der Waals surface area contributed by atoms with Gasteiger partial charge in [0.15, 0.2) is 5.13 Å². The molecule has 4 nitrogen and oxygen atoms in total. The molecule has 1 saturated heterocycles. The van der Waals surface area contributed by atoms with Gasteiger partial charge in [-0.3, -0.25) is 4.79 Å². The van der Waals surface area contributed by atoms with E-state index in [1.165, 1.54) is 21.4 Å². The quantitative estimate of drug-likeness (QED) is 0.627.